The number of hydrogen-bond donors (Lipinski definition) is 4. The van der Waals surface area contributed by atoms with E-state index in [-0.39, 0.29) is 93.8 Å². The van der Waals surface area contributed by atoms with E-state index in [1.54, 1.807) is 0 Å². The molecule has 0 aliphatic rings. The fourth-order valence-corrected chi connectivity index (χ4v) is 0. The summed E-state index contributed by atoms with van der Waals surface area (Å²) in [4.78, 5) is 0. The summed E-state index contributed by atoms with van der Waals surface area (Å²) in [5, 5.41) is 0. The van der Waals surface area contributed by atoms with E-state index in [2.05, 4.69) is 0 Å². The van der Waals surface area contributed by atoms with Crippen molar-refractivity contribution in [1.29, 1.82) is 0 Å². The van der Waals surface area contributed by atoms with Crippen molar-refractivity contribution in [3.8, 4) is 0 Å². The van der Waals surface area contributed by atoms with E-state index in [1.807, 2.05) is 0 Å². The van der Waals surface area contributed by atoms with E-state index in [4.69, 9.17) is 0 Å². The molecule has 8 heteroatoms. The first-order valence-electron chi connectivity index (χ1n) is 0. The summed E-state index contributed by atoms with van der Waals surface area (Å²) in [6, 6.07) is 0. The minimum absolute atomic E-state index is 0. The Morgan fingerprint density at radius 2 is 0.750 bits per heavy atom. The van der Waals surface area contributed by atoms with Gasteiger partial charge in [-0.1, -0.05) is 0 Å². The Morgan fingerprint density at radius 1 is 0.750 bits per heavy atom. The number of quaternary nitrogens is 2. The van der Waals surface area contributed by atoms with Gasteiger partial charge in [0.25, 0.3) is 0 Å². The molecule has 0 heterocycles. The second kappa shape index (κ2) is 246. The van der Waals surface area contributed by atoms with Crippen molar-refractivity contribution in [3.05, 3.63) is 0 Å². The molecule has 0 saturated carbocycles. The zero-order valence-corrected chi connectivity index (χ0v) is 8.93. The summed E-state index contributed by atoms with van der Waals surface area (Å²) in [5.41, 5.74) is 0. The van der Waals surface area contributed by atoms with Crippen LogP contribution in [-0.2, 0) is 0 Å². The van der Waals surface area contributed by atoms with Crippen molar-refractivity contribution in [2.45, 2.75) is 0 Å². The van der Waals surface area contributed by atoms with Gasteiger partial charge in [0.1, 0.15) is 0 Å². The molecule has 0 saturated heterocycles. The maximum atomic E-state index is 0. The molecule has 0 aromatic heterocycles. The minimum atomic E-state index is 0. The van der Waals surface area contributed by atoms with Gasteiger partial charge in [0.05, 0.1) is 0 Å². The van der Waals surface area contributed by atoms with Crippen molar-refractivity contribution in [2.24, 2.45) is 0 Å². The van der Waals surface area contributed by atoms with Gasteiger partial charge in [-0.05, 0) is 0 Å². The van der Waals surface area contributed by atoms with Crippen LogP contribution >= 0.6 is 0 Å². The maximum Gasteiger partial charge on any atom is 1.00 e. The van der Waals surface area contributed by atoms with Crippen molar-refractivity contribution in [2.75, 3.05) is 0 Å². The molecule has 0 amide bonds. The van der Waals surface area contributed by atoms with Gasteiger partial charge in [0.2, 0.25) is 0 Å². The van der Waals surface area contributed by atoms with Gasteiger partial charge in [0, 0.05) is 0 Å². The predicted octanol–water partition coefficient (Wildman–Crippen LogP) is -2.99. The van der Waals surface area contributed by atoms with Crippen molar-refractivity contribution in [3.63, 3.8) is 0 Å². The molecule has 58 valence electrons. The van der Waals surface area contributed by atoms with Crippen LogP contribution in [0.5, 0.6) is 0 Å². The topological polar surface area (TPSA) is 234 Å². The molecule has 8 heavy (non-hydrogen) atoms. The minimum Gasteiger partial charge on any atom is -1.00 e. The molecule has 0 fully saturated rings. The van der Waals surface area contributed by atoms with E-state index in [9.17, 15) is 0 Å². The SMILES string of the molecule is N.N.O.[H-].[K+].[NH4+].[NH4+].[OH-].[OH-]. The monoisotopic (exact) mass is 162 g/mol. The standard InChI is InChI=1S/K.4H3N.3H2O.H/h;4*1H3;3*1H2;/q+1;;;;;;;;-1. The van der Waals surface area contributed by atoms with Crippen LogP contribution < -0.4 is 76.0 Å². The van der Waals surface area contributed by atoms with Crippen LogP contribution in [0.25, 0.3) is 0 Å². The Morgan fingerprint density at radius 3 is 0.750 bits per heavy atom. The normalized spacial score (nSPS) is 0. The van der Waals surface area contributed by atoms with E-state index in [0.717, 1.165) is 0 Å². The first kappa shape index (κ1) is 355. The Bertz CT molecular complexity index is 15.8. The van der Waals surface area contributed by atoms with Crippen LogP contribution in [0.1, 0.15) is 1.43 Å². The average molecular weight is 162 g/mol. The molecule has 0 aliphatic carbocycles. The van der Waals surface area contributed by atoms with Gasteiger partial charge in [-0.15, -0.1) is 0 Å². The summed E-state index contributed by atoms with van der Waals surface area (Å²) in [6.45, 7) is 0. The molecule has 0 unspecified atom stereocenters. The van der Waals surface area contributed by atoms with E-state index in [0.29, 0.717) is 0 Å². The van der Waals surface area contributed by atoms with Crippen LogP contribution in [0.2, 0.25) is 0 Å². The third-order valence-electron chi connectivity index (χ3n) is 0. The molecule has 18 N–H and O–H groups in total. The summed E-state index contributed by atoms with van der Waals surface area (Å²) < 4.78 is 0. The second-order valence-electron chi connectivity index (χ2n) is 0. The summed E-state index contributed by atoms with van der Waals surface area (Å²) in [6.07, 6.45) is 0. The van der Waals surface area contributed by atoms with Crippen LogP contribution in [-0.4, -0.2) is 16.4 Å². The number of rotatable bonds is 0. The fourth-order valence-electron chi connectivity index (χ4n) is 0. The third-order valence-corrected chi connectivity index (χ3v) is 0. The largest absolute Gasteiger partial charge is 1.00 e. The molecule has 0 atom stereocenters. The van der Waals surface area contributed by atoms with Gasteiger partial charge in [-0.25, -0.2) is 0 Å². The average Bonchev–Trinajstić information content (AvgIpc) is 0. The molecule has 7 nitrogen and oxygen atoms in total. The molecular weight excluding hydrogens is 143 g/mol. The van der Waals surface area contributed by atoms with Gasteiger partial charge in [0.15, 0.2) is 0 Å². The van der Waals surface area contributed by atoms with E-state index < -0.39 is 0 Å². The number of hydrogen-bond acceptors (Lipinski definition) is 4. The summed E-state index contributed by atoms with van der Waals surface area (Å²) in [7, 11) is 0. The van der Waals surface area contributed by atoms with Crippen LogP contribution in [0.3, 0.4) is 0 Å². The van der Waals surface area contributed by atoms with Crippen LogP contribution in [0.15, 0.2) is 0 Å². The van der Waals surface area contributed by atoms with Gasteiger partial charge in [-0.2, -0.15) is 0 Å². The molecule has 0 bridgehead atoms. The maximum absolute atomic E-state index is 0. The molecule has 0 aliphatic heterocycles. The Balaban J connectivity index is 0. The van der Waals surface area contributed by atoms with Crippen LogP contribution in [0.4, 0.5) is 0 Å². The molecule has 0 spiro atoms. The first-order chi connectivity index (χ1) is 0. The predicted molar refractivity (Wildman–Crippen MR) is 30.6 cm³/mol. The van der Waals surface area contributed by atoms with Crippen molar-refractivity contribution in [1.82, 2.24) is 24.6 Å². The quantitative estimate of drug-likeness (QED) is 0.272. The van der Waals surface area contributed by atoms with E-state index in [1.165, 1.54) is 0 Å². The Labute approximate surface area is 92.8 Å². The summed E-state index contributed by atoms with van der Waals surface area (Å²) >= 11 is 0. The van der Waals surface area contributed by atoms with Gasteiger partial charge < -0.3 is 42.5 Å². The first-order valence-corrected chi connectivity index (χ1v) is 0. The summed E-state index contributed by atoms with van der Waals surface area (Å²) in [5.74, 6) is 0. The molecule has 0 radical (unpaired) electrons. The molecule has 0 aromatic carbocycles. The van der Waals surface area contributed by atoms with E-state index >= 15 is 0 Å². The third kappa shape index (κ3) is 162. The Kier molecular flexibility index (Phi) is 10900. The molecule has 0 rings (SSSR count). The zero-order chi connectivity index (χ0) is 0. The van der Waals surface area contributed by atoms with Gasteiger partial charge in [-0.3, -0.25) is 0 Å². The zero-order valence-electron chi connectivity index (χ0n) is 6.81. The van der Waals surface area contributed by atoms with Gasteiger partial charge >= 0.3 is 51.4 Å². The second-order valence-corrected chi connectivity index (χ2v) is 0. The fraction of sp³-hybridized carbons (Fsp3) is 0. The van der Waals surface area contributed by atoms with Crippen LogP contribution in [0, 0.1) is 0 Å². The molecular formula is H19KN4O3. The molecule has 0 aromatic rings. The smallest absolute Gasteiger partial charge is 1.00 e. The van der Waals surface area contributed by atoms with Crippen molar-refractivity contribution < 1.29 is 69.2 Å². The van der Waals surface area contributed by atoms with Crippen molar-refractivity contribution >= 4 is 0 Å². The Hall–Kier alpha value is 1.36.